The maximum atomic E-state index is 14.2. The fourth-order valence-corrected chi connectivity index (χ4v) is 3.72. The first kappa shape index (κ1) is 21.1. The van der Waals surface area contributed by atoms with Crippen LogP contribution in [0.5, 0.6) is 0 Å². The molecule has 0 radical (unpaired) electrons. The van der Waals surface area contributed by atoms with E-state index >= 15 is 0 Å². The number of nitrogens with two attached hydrogens (primary N) is 1. The third-order valence-corrected chi connectivity index (χ3v) is 5.21. The summed E-state index contributed by atoms with van der Waals surface area (Å²) in [5, 5.41) is 14.6. The fourth-order valence-electron chi connectivity index (χ4n) is 3.72. The molecule has 4 aromatic heterocycles. The van der Waals surface area contributed by atoms with Gasteiger partial charge >= 0.3 is 0 Å². The quantitative estimate of drug-likeness (QED) is 0.424. The number of aromatic nitrogens is 7. The Kier molecular flexibility index (Phi) is 5.14. The number of hydrogen-bond donors (Lipinski definition) is 1. The van der Waals surface area contributed by atoms with Crippen molar-refractivity contribution in [1.82, 2.24) is 34.3 Å². The molecule has 0 saturated carbocycles. The summed E-state index contributed by atoms with van der Waals surface area (Å²) >= 11 is 0. The molecule has 34 heavy (non-hydrogen) atoms. The lowest BCUT2D eigenvalue weighted by Gasteiger charge is -2.05. The van der Waals surface area contributed by atoms with Crippen LogP contribution in [0, 0.1) is 17.1 Å². The topological polar surface area (TPSA) is 124 Å². The Balaban J connectivity index is 1.64. The first-order chi connectivity index (χ1) is 16.5. The van der Waals surface area contributed by atoms with Crippen molar-refractivity contribution in [1.29, 1.82) is 5.26 Å². The van der Waals surface area contributed by atoms with E-state index in [0.29, 0.717) is 27.7 Å². The van der Waals surface area contributed by atoms with Gasteiger partial charge in [-0.2, -0.15) is 10.4 Å². The molecule has 0 saturated heterocycles. The molecule has 4 heterocycles. The molecule has 0 aliphatic rings. The number of anilines is 1. The Hall–Kier alpha value is -4.79. The summed E-state index contributed by atoms with van der Waals surface area (Å²) in [6, 6.07) is 8.33. The van der Waals surface area contributed by atoms with Gasteiger partial charge in [-0.1, -0.05) is 12.1 Å². The van der Waals surface area contributed by atoms with Crippen molar-refractivity contribution in [3.05, 3.63) is 78.3 Å². The number of rotatable bonds is 5. The largest absolute Gasteiger partial charge is 0.383 e. The van der Waals surface area contributed by atoms with Gasteiger partial charge in [0.1, 0.15) is 41.1 Å². The highest BCUT2D eigenvalue weighted by Crippen LogP contribution is 2.36. The van der Waals surface area contributed by atoms with Gasteiger partial charge in [-0.25, -0.2) is 37.8 Å². The van der Waals surface area contributed by atoms with Crippen molar-refractivity contribution in [3.63, 3.8) is 0 Å². The van der Waals surface area contributed by atoms with Crippen LogP contribution in [-0.2, 0) is 6.54 Å². The molecule has 0 aliphatic heterocycles. The van der Waals surface area contributed by atoms with Crippen LogP contribution in [0.4, 0.5) is 19.0 Å². The summed E-state index contributed by atoms with van der Waals surface area (Å²) in [5.41, 5.74) is 8.20. The Bertz CT molecular complexity index is 1550. The van der Waals surface area contributed by atoms with Gasteiger partial charge in [-0.3, -0.25) is 0 Å². The van der Waals surface area contributed by atoms with Crippen LogP contribution >= 0.6 is 0 Å². The van der Waals surface area contributed by atoms with Crippen LogP contribution < -0.4 is 5.73 Å². The zero-order valence-electron chi connectivity index (χ0n) is 17.3. The molecule has 0 unspecified atom stereocenters. The van der Waals surface area contributed by atoms with E-state index in [1.807, 2.05) is 0 Å². The molecule has 0 aliphatic carbocycles. The van der Waals surface area contributed by atoms with Gasteiger partial charge in [0.05, 0.1) is 18.1 Å². The Morgan fingerprint density at radius 1 is 1.06 bits per heavy atom. The molecule has 12 heteroatoms. The summed E-state index contributed by atoms with van der Waals surface area (Å²) < 4.78 is 43.0. The Labute approximate surface area is 190 Å². The number of fused-ring (bicyclic) bond motifs is 1. The number of nitrogen functional groups attached to an aromatic ring is 1. The van der Waals surface area contributed by atoms with E-state index in [9.17, 15) is 18.4 Å². The van der Waals surface area contributed by atoms with Crippen molar-refractivity contribution in [2.45, 2.75) is 13.0 Å². The molecular formula is C22H14F3N9. The highest BCUT2D eigenvalue weighted by Gasteiger charge is 2.24. The molecule has 5 rings (SSSR count). The average molecular weight is 461 g/mol. The second-order valence-corrected chi connectivity index (χ2v) is 7.25. The third kappa shape index (κ3) is 3.49. The Morgan fingerprint density at radius 2 is 1.82 bits per heavy atom. The summed E-state index contributed by atoms with van der Waals surface area (Å²) in [5.74, 6) is -0.956. The maximum Gasteiger partial charge on any atom is 0.297 e. The van der Waals surface area contributed by atoms with E-state index in [2.05, 4.69) is 31.1 Å². The lowest BCUT2D eigenvalue weighted by atomic mass is 10.1. The van der Waals surface area contributed by atoms with Crippen molar-refractivity contribution in [2.75, 3.05) is 5.73 Å². The molecule has 0 atom stereocenters. The zero-order valence-corrected chi connectivity index (χ0v) is 17.3. The lowest BCUT2D eigenvalue weighted by Crippen LogP contribution is -2.04. The number of nitrogens with zero attached hydrogens (tertiary/aromatic N) is 8. The van der Waals surface area contributed by atoms with Crippen molar-refractivity contribution < 1.29 is 13.2 Å². The van der Waals surface area contributed by atoms with Gasteiger partial charge < -0.3 is 10.3 Å². The summed E-state index contributed by atoms with van der Waals surface area (Å²) in [7, 11) is 0. The predicted molar refractivity (Wildman–Crippen MR) is 115 cm³/mol. The van der Waals surface area contributed by atoms with Gasteiger partial charge in [-0.15, -0.1) is 0 Å². The number of nitriles is 1. The minimum Gasteiger partial charge on any atom is -0.383 e. The monoisotopic (exact) mass is 461 g/mol. The molecule has 1 aromatic carbocycles. The minimum absolute atomic E-state index is 0.107. The lowest BCUT2D eigenvalue weighted by molar-refractivity contribution is 0.140. The molecule has 5 aromatic rings. The predicted octanol–water partition coefficient (Wildman–Crippen LogP) is 3.65. The van der Waals surface area contributed by atoms with Crippen LogP contribution in [0.2, 0.25) is 0 Å². The Morgan fingerprint density at radius 3 is 2.53 bits per heavy atom. The molecule has 0 fully saturated rings. The van der Waals surface area contributed by atoms with E-state index in [0.717, 1.165) is 0 Å². The minimum atomic E-state index is -2.83. The highest BCUT2D eigenvalue weighted by atomic mass is 19.3. The second kappa shape index (κ2) is 8.28. The van der Waals surface area contributed by atoms with E-state index in [1.54, 1.807) is 35.2 Å². The number of halogens is 3. The summed E-state index contributed by atoms with van der Waals surface area (Å²) in [6.45, 7) is 0.153. The van der Waals surface area contributed by atoms with E-state index in [4.69, 9.17) is 5.73 Å². The maximum absolute atomic E-state index is 14.2. The molecule has 0 bridgehead atoms. The number of para-hydroxylation sites is 1. The van der Waals surface area contributed by atoms with Crippen LogP contribution in [0.15, 0.2) is 55.4 Å². The van der Waals surface area contributed by atoms with Crippen LogP contribution in [0.25, 0.3) is 27.8 Å². The van der Waals surface area contributed by atoms with Crippen LogP contribution in [-0.4, -0.2) is 34.3 Å². The SMILES string of the molecule is N#Cc1c(-c2cnc(C(F)F)nc2)c2c(N)ncnc2n1Cc1cnn(-c2ccccc2F)c1. The fraction of sp³-hybridized carbons (Fsp3) is 0.0909. The molecular weight excluding hydrogens is 447 g/mol. The second-order valence-electron chi connectivity index (χ2n) is 7.25. The number of hydrogen-bond acceptors (Lipinski definition) is 7. The smallest absolute Gasteiger partial charge is 0.297 e. The molecule has 0 spiro atoms. The van der Waals surface area contributed by atoms with E-state index in [-0.39, 0.29) is 23.7 Å². The van der Waals surface area contributed by atoms with Gasteiger partial charge in [0, 0.05) is 35.3 Å². The normalized spacial score (nSPS) is 11.3. The van der Waals surface area contributed by atoms with Gasteiger partial charge in [0.25, 0.3) is 6.43 Å². The average Bonchev–Trinajstić information content (AvgIpc) is 3.43. The zero-order chi connectivity index (χ0) is 23.8. The van der Waals surface area contributed by atoms with Crippen molar-refractivity contribution in [3.8, 4) is 22.9 Å². The molecule has 168 valence electrons. The van der Waals surface area contributed by atoms with E-state index in [1.165, 1.54) is 29.5 Å². The standard InChI is InChI=1S/C22H14F3N9/c23-14-3-1-2-4-15(14)34-10-12(6-32-34)9-33-16(5-26)17(18-20(27)30-11-31-22(18)33)13-7-28-21(19(24)25)29-8-13/h1-4,6-8,10-11,19H,9H2,(H2,27,30,31). The van der Waals surface area contributed by atoms with Crippen LogP contribution in [0.3, 0.4) is 0 Å². The summed E-state index contributed by atoms with van der Waals surface area (Å²) in [6.07, 6.45) is 4.03. The highest BCUT2D eigenvalue weighted by molar-refractivity contribution is 6.03. The molecule has 2 N–H and O–H groups in total. The van der Waals surface area contributed by atoms with Gasteiger partial charge in [-0.05, 0) is 12.1 Å². The first-order valence-corrected chi connectivity index (χ1v) is 9.89. The number of alkyl halides is 2. The molecule has 9 nitrogen and oxygen atoms in total. The van der Waals surface area contributed by atoms with Gasteiger partial charge in [0.2, 0.25) is 0 Å². The number of benzene rings is 1. The van der Waals surface area contributed by atoms with Crippen molar-refractivity contribution >= 4 is 16.9 Å². The van der Waals surface area contributed by atoms with Crippen LogP contribution in [0.1, 0.15) is 23.5 Å². The molecule has 0 amide bonds. The van der Waals surface area contributed by atoms with Gasteiger partial charge in [0.15, 0.2) is 5.82 Å². The van der Waals surface area contributed by atoms with E-state index < -0.39 is 18.1 Å². The van der Waals surface area contributed by atoms with Crippen molar-refractivity contribution in [2.24, 2.45) is 0 Å². The summed E-state index contributed by atoms with van der Waals surface area (Å²) in [4.78, 5) is 15.7. The first-order valence-electron chi connectivity index (χ1n) is 9.89. The third-order valence-electron chi connectivity index (χ3n) is 5.21.